The molecule has 0 unspecified atom stereocenters. The third-order valence-corrected chi connectivity index (χ3v) is 16.1. The monoisotopic (exact) mass is 884 g/mol. The average molecular weight is 885 g/mol. The zero-order chi connectivity index (χ0) is 46.3. The summed E-state index contributed by atoms with van der Waals surface area (Å²) in [5.74, 6) is -0.636. The highest BCUT2D eigenvalue weighted by molar-refractivity contribution is 6.14. The molecular formula is C63H40N4O2. The molecule has 0 saturated heterocycles. The van der Waals surface area contributed by atoms with Gasteiger partial charge in [-0.1, -0.05) is 161 Å². The van der Waals surface area contributed by atoms with Crippen molar-refractivity contribution in [3.05, 3.63) is 214 Å². The van der Waals surface area contributed by atoms with E-state index in [4.69, 9.17) is 9.47 Å². The van der Waals surface area contributed by atoms with Crippen molar-refractivity contribution in [2.45, 2.75) is 44.3 Å². The molecule has 15 rings (SSSR count). The molecule has 0 bridgehead atoms. The maximum absolute atomic E-state index is 11.9. The summed E-state index contributed by atoms with van der Waals surface area (Å²) >= 11 is 0. The number of ether oxygens (including phenoxy) is 2. The summed E-state index contributed by atoms with van der Waals surface area (Å²) in [5, 5.41) is 27.9. The van der Waals surface area contributed by atoms with Crippen LogP contribution in [0.25, 0.3) is 88.4 Å². The van der Waals surface area contributed by atoms with Crippen LogP contribution in [0.5, 0.6) is 11.5 Å². The van der Waals surface area contributed by atoms with E-state index in [1.165, 1.54) is 44.5 Å². The van der Waals surface area contributed by atoms with Gasteiger partial charge in [-0.25, -0.2) is 0 Å². The first-order chi connectivity index (χ1) is 33.7. The van der Waals surface area contributed by atoms with Crippen molar-refractivity contribution in [2.24, 2.45) is 0 Å². The van der Waals surface area contributed by atoms with Crippen LogP contribution in [0.4, 0.5) is 0 Å². The molecule has 69 heavy (non-hydrogen) atoms. The van der Waals surface area contributed by atoms with E-state index < -0.39 is 5.79 Å². The van der Waals surface area contributed by atoms with Crippen LogP contribution in [0.15, 0.2) is 170 Å². The first kappa shape index (κ1) is 38.3. The minimum Gasteiger partial charge on any atom is -0.438 e. The maximum Gasteiger partial charge on any atom is 0.307 e. The van der Waals surface area contributed by atoms with Gasteiger partial charge in [0.15, 0.2) is 11.5 Å². The van der Waals surface area contributed by atoms with Gasteiger partial charge >= 0.3 is 5.79 Å². The zero-order valence-corrected chi connectivity index (χ0v) is 38.3. The average Bonchev–Trinajstić information content (AvgIpc) is 4.19. The summed E-state index contributed by atoms with van der Waals surface area (Å²) in [6, 6.07) is 65.1. The Morgan fingerprint density at radius 1 is 0.362 bits per heavy atom. The first-order valence-electron chi connectivity index (χ1n) is 23.6. The molecule has 324 valence electrons. The summed E-state index contributed by atoms with van der Waals surface area (Å²) in [6.45, 7) is 9.14. The number of hydrogen-bond donors (Lipinski definition) is 0. The van der Waals surface area contributed by atoms with E-state index in [9.17, 15) is 10.5 Å². The first-order valence-corrected chi connectivity index (χ1v) is 23.6. The van der Waals surface area contributed by atoms with E-state index in [2.05, 4.69) is 182 Å². The fraction of sp³-hybridized carbons (Fsp3) is 0.111. The van der Waals surface area contributed by atoms with Crippen molar-refractivity contribution in [2.75, 3.05) is 0 Å². The van der Waals surface area contributed by atoms with Gasteiger partial charge in [-0.2, -0.15) is 10.5 Å². The van der Waals surface area contributed by atoms with Crippen molar-refractivity contribution in [1.29, 1.82) is 10.5 Å². The van der Waals surface area contributed by atoms with Gasteiger partial charge in [0.1, 0.15) is 34.6 Å². The van der Waals surface area contributed by atoms with Crippen molar-refractivity contribution in [3.8, 4) is 68.4 Å². The zero-order valence-electron chi connectivity index (χ0n) is 38.3. The lowest BCUT2D eigenvalue weighted by Crippen LogP contribution is -2.34. The number of nitrogens with zero attached hydrogens (tertiary/aromatic N) is 4. The molecule has 2 aromatic heterocycles. The third-order valence-electron chi connectivity index (χ3n) is 16.1. The molecule has 3 heterocycles. The predicted molar refractivity (Wildman–Crippen MR) is 274 cm³/mol. The lowest BCUT2D eigenvalue weighted by Gasteiger charge is -2.25. The Labute approximate surface area is 398 Å². The van der Waals surface area contributed by atoms with Crippen molar-refractivity contribution >= 4 is 43.6 Å². The molecule has 1 spiro atoms. The number of fused-ring (bicyclic) bond motifs is 18. The second kappa shape index (κ2) is 12.8. The van der Waals surface area contributed by atoms with Crippen LogP contribution in [0.3, 0.4) is 0 Å². The Bertz CT molecular complexity index is 4020. The minimum absolute atomic E-state index is 0.206. The third kappa shape index (κ3) is 4.50. The summed E-state index contributed by atoms with van der Waals surface area (Å²) < 4.78 is 19.7. The largest absolute Gasteiger partial charge is 0.438 e. The van der Waals surface area contributed by atoms with Crippen LogP contribution in [0, 0.1) is 22.7 Å². The quantitative estimate of drug-likeness (QED) is 0.173. The number of nitriles is 2. The van der Waals surface area contributed by atoms with Crippen LogP contribution in [0.1, 0.15) is 72.2 Å². The predicted octanol–water partition coefficient (Wildman–Crippen LogP) is 14.9. The van der Waals surface area contributed by atoms with Gasteiger partial charge in [0.2, 0.25) is 0 Å². The molecule has 0 saturated carbocycles. The molecule has 4 aliphatic rings. The van der Waals surface area contributed by atoms with Crippen LogP contribution in [0.2, 0.25) is 0 Å². The van der Waals surface area contributed by atoms with Gasteiger partial charge in [0, 0.05) is 43.5 Å². The van der Waals surface area contributed by atoms with Crippen LogP contribution in [-0.2, 0) is 16.6 Å². The number of rotatable bonds is 2. The van der Waals surface area contributed by atoms with Gasteiger partial charge in [0.25, 0.3) is 0 Å². The van der Waals surface area contributed by atoms with Gasteiger partial charge in [-0.15, -0.1) is 0 Å². The Kier molecular flexibility index (Phi) is 7.09. The maximum atomic E-state index is 11.9. The van der Waals surface area contributed by atoms with E-state index in [0.29, 0.717) is 22.9 Å². The van der Waals surface area contributed by atoms with Crippen molar-refractivity contribution in [3.63, 3.8) is 0 Å². The standard InChI is InChI=1S/C63H40N4O2/c1-61(2)47-23-11-5-19-37(47)41-29-43-39-21-9-15-27-53(39)66(55(43)31-51(41)61)57-45(33-64)46(34-65)58(60-59(57)68-63(69-60)49-25-13-7-17-35(49)36-18-8-14-26-50(36)63)67-54-28-16-10-22-40(54)44-30-42-38-20-6-12-24-48(38)62(3,4)52(42)32-56(44)67/h5-32H,1-4H3. The van der Waals surface area contributed by atoms with E-state index >= 15 is 0 Å². The molecule has 6 heteroatoms. The highest BCUT2D eigenvalue weighted by Crippen LogP contribution is 2.62. The highest BCUT2D eigenvalue weighted by Gasteiger charge is 2.55. The van der Waals surface area contributed by atoms with Crippen LogP contribution in [-0.4, -0.2) is 9.13 Å². The van der Waals surface area contributed by atoms with E-state index in [1.807, 2.05) is 36.4 Å². The molecular weight excluding hydrogens is 845 g/mol. The Balaban J connectivity index is 1.11. The van der Waals surface area contributed by atoms with Gasteiger partial charge in [-0.3, -0.25) is 0 Å². The number of hydrogen-bond acceptors (Lipinski definition) is 4. The normalized spacial score (nSPS) is 15.5. The van der Waals surface area contributed by atoms with Gasteiger partial charge < -0.3 is 18.6 Å². The topological polar surface area (TPSA) is 75.9 Å². The summed E-state index contributed by atoms with van der Waals surface area (Å²) in [7, 11) is 0. The Hall–Kier alpha value is -8.84. The van der Waals surface area contributed by atoms with Crippen molar-refractivity contribution < 1.29 is 9.47 Å². The second-order valence-corrected chi connectivity index (χ2v) is 20.1. The molecule has 3 aliphatic carbocycles. The highest BCUT2D eigenvalue weighted by atomic mass is 16.7. The lowest BCUT2D eigenvalue weighted by molar-refractivity contribution is -0.0417. The lowest BCUT2D eigenvalue weighted by atomic mass is 9.82. The van der Waals surface area contributed by atoms with Gasteiger partial charge in [0.05, 0.1) is 22.1 Å². The number of aromatic nitrogens is 2. The molecule has 0 amide bonds. The number of para-hydroxylation sites is 2. The second-order valence-electron chi connectivity index (χ2n) is 20.1. The molecule has 0 radical (unpaired) electrons. The molecule has 11 aromatic rings. The van der Waals surface area contributed by atoms with Crippen LogP contribution >= 0.6 is 0 Å². The Morgan fingerprint density at radius 3 is 1.12 bits per heavy atom. The molecule has 6 nitrogen and oxygen atoms in total. The fourth-order valence-electron chi connectivity index (χ4n) is 13.0. The smallest absolute Gasteiger partial charge is 0.307 e. The molecule has 0 atom stereocenters. The van der Waals surface area contributed by atoms with E-state index in [0.717, 1.165) is 65.9 Å². The van der Waals surface area contributed by atoms with Crippen molar-refractivity contribution in [1.82, 2.24) is 9.13 Å². The molecule has 9 aromatic carbocycles. The van der Waals surface area contributed by atoms with E-state index in [-0.39, 0.29) is 22.0 Å². The minimum atomic E-state index is -1.44. The SMILES string of the molecule is CC1(C)c2ccccc2-c2cc3c4ccccc4n(-c4c(C#N)c(C#N)c(-n5c6ccccc6c6cc7c(cc65)C(C)(C)c5ccccc5-7)c5c4OC4(O5)c5ccccc5-c5ccccc54)c3cc21. The summed E-state index contributed by atoms with van der Waals surface area (Å²) in [4.78, 5) is 0. The molecule has 1 aliphatic heterocycles. The summed E-state index contributed by atoms with van der Waals surface area (Å²) in [6.07, 6.45) is 0. The molecule has 0 fully saturated rings. The number of benzene rings is 9. The van der Waals surface area contributed by atoms with Crippen LogP contribution < -0.4 is 9.47 Å². The van der Waals surface area contributed by atoms with Gasteiger partial charge in [-0.05, 0) is 92.0 Å². The molecule has 0 N–H and O–H groups in total. The Morgan fingerprint density at radius 2 is 0.710 bits per heavy atom. The van der Waals surface area contributed by atoms with E-state index in [1.54, 1.807) is 0 Å². The fourth-order valence-corrected chi connectivity index (χ4v) is 13.0. The summed E-state index contributed by atoms with van der Waals surface area (Å²) in [5.41, 5.74) is 17.9.